The van der Waals surface area contributed by atoms with Gasteiger partial charge < -0.3 is 9.66 Å². The standard InChI is InChI=1S/C9H7NO4S/c11-7-3-4-8(15(12,13)14)9-6(7)2-1-5-10-9/h1-5,11H,(H,12,13,14)/p-1. The summed E-state index contributed by atoms with van der Waals surface area (Å²) in [5, 5.41) is 9.67. The maximum atomic E-state index is 10.9. The van der Waals surface area contributed by atoms with Crippen LogP contribution in [0.25, 0.3) is 10.9 Å². The average Bonchev–Trinajstić information content (AvgIpc) is 2.17. The van der Waals surface area contributed by atoms with Gasteiger partial charge in [0.15, 0.2) is 0 Å². The third kappa shape index (κ3) is 1.64. The first kappa shape index (κ1) is 9.88. The number of rotatable bonds is 1. The molecule has 2 aromatic rings. The second-order valence-corrected chi connectivity index (χ2v) is 4.28. The number of phenols is 1. The zero-order valence-electron chi connectivity index (χ0n) is 7.41. The van der Waals surface area contributed by atoms with E-state index in [2.05, 4.69) is 4.98 Å². The molecule has 5 nitrogen and oxygen atoms in total. The summed E-state index contributed by atoms with van der Waals surface area (Å²) < 4.78 is 32.6. The quantitative estimate of drug-likeness (QED) is 0.725. The molecule has 0 aliphatic heterocycles. The van der Waals surface area contributed by atoms with E-state index in [1.807, 2.05) is 0 Å². The van der Waals surface area contributed by atoms with E-state index in [1.54, 1.807) is 6.07 Å². The minimum Gasteiger partial charge on any atom is -0.744 e. The number of hydrogen-bond acceptors (Lipinski definition) is 5. The van der Waals surface area contributed by atoms with Gasteiger partial charge in [0.05, 0.1) is 10.4 Å². The largest absolute Gasteiger partial charge is 0.744 e. The van der Waals surface area contributed by atoms with E-state index >= 15 is 0 Å². The van der Waals surface area contributed by atoms with E-state index in [1.165, 1.54) is 12.3 Å². The van der Waals surface area contributed by atoms with E-state index in [4.69, 9.17) is 0 Å². The predicted molar refractivity (Wildman–Crippen MR) is 51.4 cm³/mol. The molecule has 0 atom stereocenters. The fourth-order valence-electron chi connectivity index (χ4n) is 1.33. The molecule has 0 aliphatic carbocycles. The molecule has 15 heavy (non-hydrogen) atoms. The third-order valence-electron chi connectivity index (χ3n) is 1.98. The van der Waals surface area contributed by atoms with Crippen LogP contribution in [0.2, 0.25) is 0 Å². The molecular weight excluding hydrogens is 218 g/mol. The number of hydrogen-bond donors (Lipinski definition) is 1. The first-order valence-corrected chi connectivity index (χ1v) is 5.43. The number of benzene rings is 1. The molecule has 1 heterocycles. The van der Waals surface area contributed by atoms with Crippen LogP contribution in [0.3, 0.4) is 0 Å². The Balaban J connectivity index is 2.96. The monoisotopic (exact) mass is 224 g/mol. The molecule has 0 aliphatic rings. The zero-order valence-corrected chi connectivity index (χ0v) is 8.23. The molecule has 0 amide bonds. The third-order valence-corrected chi connectivity index (χ3v) is 2.85. The Morgan fingerprint density at radius 2 is 2.00 bits per heavy atom. The summed E-state index contributed by atoms with van der Waals surface area (Å²) >= 11 is 0. The lowest BCUT2D eigenvalue weighted by atomic mass is 10.2. The lowest BCUT2D eigenvalue weighted by Crippen LogP contribution is -2.00. The number of aromatic nitrogens is 1. The molecule has 0 saturated carbocycles. The molecule has 0 saturated heterocycles. The highest BCUT2D eigenvalue weighted by Gasteiger charge is 2.10. The van der Waals surface area contributed by atoms with E-state index < -0.39 is 15.0 Å². The van der Waals surface area contributed by atoms with Gasteiger partial charge in [0.1, 0.15) is 15.9 Å². The summed E-state index contributed by atoms with van der Waals surface area (Å²) in [6.45, 7) is 0. The molecule has 0 fully saturated rings. The van der Waals surface area contributed by atoms with Gasteiger partial charge in [-0.3, -0.25) is 4.98 Å². The molecule has 1 N–H and O–H groups in total. The van der Waals surface area contributed by atoms with Gasteiger partial charge in [-0.2, -0.15) is 0 Å². The van der Waals surface area contributed by atoms with Gasteiger partial charge in [0.2, 0.25) is 0 Å². The van der Waals surface area contributed by atoms with Crippen molar-refractivity contribution in [1.29, 1.82) is 0 Å². The van der Waals surface area contributed by atoms with Crippen molar-refractivity contribution in [2.45, 2.75) is 4.90 Å². The molecule has 1 aromatic carbocycles. The summed E-state index contributed by atoms with van der Waals surface area (Å²) in [4.78, 5) is 3.35. The molecule has 6 heteroatoms. The van der Waals surface area contributed by atoms with Crippen molar-refractivity contribution >= 4 is 21.0 Å². The van der Waals surface area contributed by atoms with E-state index in [0.717, 1.165) is 12.1 Å². The van der Waals surface area contributed by atoms with Gasteiger partial charge >= 0.3 is 0 Å². The number of aromatic hydroxyl groups is 1. The van der Waals surface area contributed by atoms with E-state index in [-0.39, 0.29) is 16.7 Å². The topological polar surface area (TPSA) is 90.3 Å². The summed E-state index contributed by atoms with van der Waals surface area (Å²) in [5.41, 5.74) is -0.00694. The lowest BCUT2D eigenvalue weighted by molar-refractivity contribution is 0.463. The Bertz CT molecular complexity index is 621. The van der Waals surface area contributed by atoms with Crippen LogP contribution in [0.4, 0.5) is 0 Å². The second kappa shape index (κ2) is 3.18. The second-order valence-electron chi connectivity index (χ2n) is 2.94. The molecular formula is C9H6NO4S-. The van der Waals surface area contributed by atoms with Gasteiger partial charge in [0, 0.05) is 11.6 Å². The smallest absolute Gasteiger partial charge is 0.126 e. The van der Waals surface area contributed by atoms with Crippen molar-refractivity contribution < 1.29 is 18.1 Å². The van der Waals surface area contributed by atoms with Gasteiger partial charge in [0.25, 0.3) is 0 Å². The van der Waals surface area contributed by atoms with Crippen molar-refractivity contribution in [2.75, 3.05) is 0 Å². The fraction of sp³-hybridized carbons (Fsp3) is 0. The average molecular weight is 224 g/mol. The number of phenolic OH excluding ortho intramolecular Hbond substituents is 1. The molecule has 0 spiro atoms. The SMILES string of the molecule is O=S(=O)([O-])c1ccc(O)c2cccnc12. The molecule has 0 bridgehead atoms. The minimum absolute atomic E-state index is 0.00694. The highest BCUT2D eigenvalue weighted by Crippen LogP contribution is 2.27. The molecule has 2 rings (SSSR count). The van der Waals surface area contributed by atoms with Crippen LogP contribution in [-0.4, -0.2) is 23.1 Å². The highest BCUT2D eigenvalue weighted by atomic mass is 32.2. The Labute approximate surface area is 85.8 Å². The van der Waals surface area contributed by atoms with Crippen LogP contribution < -0.4 is 0 Å². The number of nitrogens with zero attached hydrogens (tertiary/aromatic N) is 1. The van der Waals surface area contributed by atoms with Crippen molar-refractivity contribution in [3.8, 4) is 5.75 Å². The maximum absolute atomic E-state index is 10.9. The minimum atomic E-state index is -4.57. The summed E-state index contributed by atoms with van der Waals surface area (Å²) in [5.74, 6) is -0.106. The first-order chi connectivity index (χ1) is 7.00. The summed E-state index contributed by atoms with van der Waals surface area (Å²) in [7, 11) is -4.57. The van der Waals surface area contributed by atoms with E-state index in [9.17, 15) is 18.1 Å². The summed E-state index contributed by atoms with van der Waals surface area (Å²) in [6, 6.07) is 5.25. The van der Waals surface area contributed by atoms with Crippen LogP contribution in [0, 0.1) is 0 Å². The Morgan fingerprint density at radius 3 is 2.67 bits per heavy atom. The van der Waals surface area contributed by atoms with Crippen molar-refractivity contribution in [2.24, 2.45) is 0 Å². The number of pyridine rings is 1. The van der Waals surface area contributed by atoms with Crippen LogP contribution in [-0.2, 0) is 10.1 Å². The van der Waals surface area contributed by atoms with Crippen LogP contribution in [0.5, 0.6) is 5.75 Å². The maximum Gasteiger partial charge on any atom is 0.126 e. The number of fused-ring (bicyclic) bond motifs is 1. The van der Waals surface area contributed by atoms with Gasteiger partial charge in [-0.25, -0.2) is 8.42 Å². The first-order valence-electron chi connectivity index (χ1n) is 4.03. The van der Waals surface area contributed by atoms with Crippen molar-refractivity contribution in [1.82, 2.24) is 4.98 Å². The van der Waals surface area contributed by atoms with Gasteiger partial charge in [-0.1, -0.05) is 0 Å². The van der Waals surface area contributed by atoms with Crippen molar-refractivity contribution in [3.05, 3.63) is 30.5 Å². The highest BCUT2D eigenvalue weighted by molar-refractivity contribution is 7.86. The van der Waals surface area contributed by atoms with Crippen LogP contribution in [0.15, 0.2) is 35.4 Å². The van der Waals surface area contributed by atoms with Crippen LogP contribution in [0.1, 0.15) is 0 Å². The zero-order chi connectivity index (χ0) is 11.1. The fourth-order valence-corrected chi connectivity index (χ4v) is 1.97. The lowest BCUT2D eigenvalue weighted by Gasteiger charge is -2.10. The normalized spacial score (nSPS) is 11.8. The Kier molecular flexibility index (Phi) is 2.09. The molecule has 0 radical (unpaired) electrons. The summed E-state index contributed by atoms with van der Waals surface area (Å²) in [6.07, 6.45) is 1.36. The van der Waals surface area contributed by atoms with Gasteiger partial charge in [-0.15, -0.1) is 0 Å². The Hall–Kier alpha value is -1.66. The molecule has 0 unspecified atom stereocenters. The van der Waals surface area contributed by atoms with Gasteiger partial charge in [-0.05, 0) is 24.3 Å². The molecule has 78 valence electrons. The van der Waals surface area contributed by atoms with Crippen LogP contribution >= 0.6 is 0 Å². The van der Waals surface area contributed by atoms with E-state index in [0.29, 0.717) is 0 Å². The Morgan fingerprint density at radius 1 is 1.27 bits per heavy atom. The molecule has 1 aromatic heterocycles. The van der Waals surface area contributed by atoms with Crippen molar-refractivity contribution in [3.63, 3.8) is 0 Å². The predicted octanol–water partition coefficient (Wildman–Crippen LogP) is 0.845.